The molecular weight excluding hydrogens is 759 g/mol. The molecule has 0 bridgehead atoms. The Balaban J connectivity index is 1.24. The summed E-state index contributed by atoms with van der Waals surface area (Å²) in [5.41, 5.74) is 13.1. The van der Waals surface area contributed by atoms with Crippen molar-refractivity contribution in [3.8, 4) is 40.3 Å². The van der Waals surface area contributed by atoms with E-state index in [-0.39, 0.29) is 0 Å². The van der Waals surface area contributed by atoms with Crippen molar-refractivity contribution in [1.29, 1.82) is 10.5 Å². The first-order valence-electron chi connectivity index (χ1n) is 20.6. The molecule has 6 nitrogen and oxygen atoms in total. The van der Waals surface area contributed by atoms with E-state index in [4.69, 9.17) is 4.42 Å². The number of nitrogens with zero attached hydrogens (tertiary/aromatic N) is 5. The Morgan fingerprint density at radius 1 is 0.339 bits per heavy atom. The standard InChI is InChI=1S/C56H31N5O/c57-32-34-25-35(33-58)27-36(26-34)45-28-37(59-48-19-7-1-13-39(48)40-14-2-8-20-49(40)59)29-46-47-30-38(60-50-21-9-3-15-41(50)42-16-4-10-22-51(42)60)31-54(56(47)62-55(45)46)61-52-23-11-5-17-43(52)44-18-6-12-24-53(44)61/h1-31H. The second-order valence-corrected chi connectivity index (χ2v) is 15.9. The van der Waals surface area contributed by atoms with Gasteiger partial charge in [-0.1, -0.05) is 109 Å². The van der Waals surface area contributed by atoms with Crippen LogP contribution in [0.15, 0.2) is 192 Å². The molecule has 9 aromatic carbocycles. The van der Waals surface area contributed by atoms with E-state index < -0.39 is 0 Å². The van der Waals surface area contributed by atoms with Crippen LogP contribution in [0.25, 0.3) is 116 Å². The third-order valence-electron chi connectivity index (χ3n) is 12.6. The Kier molecular flexibility index (Phi) is 7.05. The molecule has 13 aromatic rings. The summed E-state index contributed by atoms with van der Waals surface area (Å²) in [6.45, 7) is 0. The molecule has 286 valence electrons. The second kappa shape index (κ2) is 12.8. The average molecular weight is 790 g/mol. The number of benzene rings is 9. The quantitative estimate of drug-likeness (QED) is 0.178. The van der Waals surface area contributed by atoms with Crippen LogP contribution in [0, 0.1) is 22.7 Å². The smallest absolute Gasteiger partial charge is 0.159 e. The SMILES string of the molecule is N#Cc1cc(C#N)cc(-c2cc(-n3c4ccccc4c4ccccc43)cc3c2oc2c(-n4c5ccccc5c5ccccc54)cc(-n4c5ccccc5c5ccccc54)cc23)c1. The zero-order valence-corrected chi connectivity index (χ0v) is 33.0. The highest BCUT2D eigenvalue weighted by Gasteiger charge is 2.24. The highest BCUT2D eigenvalue weighted by Crippen LogP contribution is 2.45. The lowest BCUT2D eigenvalue weighted by atomic mass is 9.97. The first-order valence-corrected chi connectivity index (χ1v) is 20.6. The number of furan rings is 1. The first-order chi connectivity index (χ1) is 30.7. The summed E-state index contributed by atoms with van der Waals surface area (Å²) in [7, 11) is 0. The molecule has 0 aliphatic carbocycles. The van der Waals surface area contributed by atoms with Gasteiger partial charge in [-0.2, -0.15) is 10.5 Å². The van der Waals surface area contributed by atoms with E-state index in [0.29, 0.717) is 16.7 Å². The van der Waals surface area contributed by atoms with E-state index in [2.05, 4.69) is 196 Å². The summed E-state index contributed by atoms with van der Waals surface area (Å²) in [5.74, 6) is 0. The maximum absolute atomic E-state index is 10.2. The number of aromatic nitrogens is 3. The Hall–Kier alpha value is -8.84. The van der Waals surface area contributed by atoms with E-state index in [0.717, 1.165) is 99.2 Å². The van der Waals surface area contributed by atoms with Crippen LogP contribution < -0.4 is 0 Å². The molecule has 4 heterocycles. The predicted molar refractivity (Wildman–Crippen MR) is 252 cm³/mol. The Labute approximate surface area is 354 Å². The van der Waals surface area contributed by atoms with Gasteiger partial charge in [-0.25, -0.2) is 0 Å². The van der Waals surface area contributed by atoms with Gasteiger partial charge in [-0.3, -0.25) is 0 Å². The number of fused-ring (bicyclic) bond motifs is 12. The molecule has 0 N–H and O–H groups in total. The van der Waals surface area contributed by atoms with Crippen molar-refractivity contribution in [2.45, 2.75) is 0 Å². The van der Waals surface area contributed by atoms with Gasteiger partial charge < -0.3 is 18.1 Å². The average Bonchev–Trinajstić information content (AvgIpc) is 4.07. The molecule has 0 saturated carbocycles. The van der Waals surface area contributed by atoms with Crippen LogP contribution in [-0.4, -0.2) is 13.7 Å². The van der Waals surface area contributed by atoms with Gasteiger partial charge >= 0.3 is 0 Å². The summed E-state index contributed by atoms with van der Waals surface area (Å²) in [6, 6.07) is 70.2. The third-order valence-corrected chi connectivity index (χ3v) is 12.6. The van der Waals surface area contributed by atoms with E-state index >= 15 is 0 Å². The molecule has 62 heavy (non-hydrogen) atoms. The molecule has 0 saturated heterocycles. The fraction of sp³-hybridized carbons (Fsp3) is 0. The molecule has 0 aliphatic rings. The van der Waals surface area contributed by atoms with E-state index in [1.807, 2.05) is 12.1 Å². The van der Waals surface area contributed by atoms with Crippen molar-refractivity contribution in [2.75, 3.05) is 0 Å². The largest absolute Gasteiger partial charge is 0.453 e. The van der Waals surface area contributed by atoms with Gasteiger partial charge in [-0.15, -0.1) is 0 Å². The topological polar surface area (TPSA) is 75.5 Å². The molecule has 0 amide bonds. The fourth-order valence-corrected chi connectivity index (χ4v) is 10.1. The third kappa shape index (κ3) is 4.72. The summed E-state index contributed by atoms with van der Waals surface area (Å²) in [4.78, 5) is 0. The van der Waals surface area contributed by atoms with Crippen molar-refractivity contribution in [2.24, 2.45) is 0 Å². The minimum absolute atomic E-state index is 0.408. The Bertz CT molecular complexity index is 3950. The summed E-state index contributed by atoms with van der Waals surface area (Å²) in [5, 5.41) is 29.2. The number of nitriles is 2. The van der Waals surface area contributed by atoms with Crippen LogP contribution in [0.5, 0.6) is 0 Å². The van der Waals surface area contributed by atoms with Crippen LogP contribution in [0.2, 0.25) is 0 Å². The van der Waals surface area contributed by atoms with Gasteiger partial charge in [0.2, 0.25) is 0 Å². The normalized spacial score (nSPS) is 11.8. The van der Waals surface area contributed by atoms with E-state index in [1.165, 1.54) is 10.8 Å². The van der Waals surface area contributed by atoms with Crippen LogP contribution >= 0.6 is 0 Å². The van der Waals surface area contributed by atoms with Crippen molar-refractivity contribution < 1.29 is 4.42 Å². The van der Waals surface area contributed by atoms with Crippen LogP contribution in [0.3, 0.4) is 0 Å². The lowest BCUT2D eigenvalue weighted by molar-refractivity contribution is 0.667. The molecule has 0 unspecified atom stereocenters. The molecule has 0 aliphatic heterocycles. The molecular formula is C56H31N5O. The van der Waals surface area contributed by atoms with Gasteiger partial charge in [0.05, 0.1) is 62.1 Å². The van der Waals surface area contributed by atoms with E-state index in [1.54, 1.807) is 6.07 Å². The zero-order valence-electron chi connectivity index (χ0n) is 33.0. The zero-order chi connectivity index (χ0) is 41.1. The molecule has 0 radical (unpaired) electrons. The summed E-state index contributed by atoms with van der Waals surface area (Å²) >= 11 is 0. The molecule has 0 fully saturated rings. The fourth-order valence-electron chi connectivity index (χ4n) is 10.1. The lowest BCUT2D eigenvalue weighted by Crippen LogP contribution is -1.99. The van der Waals surface area contributed by atoms with Crippen LogP contribution in [0.1, 0.15) is 11.1 Å². The van der Waals surface area contributed by atoms with Crippen molar-refractivity contribution in [3.05, 3.63) is 199 Å². The first kappa shape index (κ1) is 34.1. The van der Waals surface area contributed by atoms with Gasteiger partial charge in [0.25, 0.3) is 0 Å². The van der Waals surface area contributed by atoms with Gasteiger partial charge in [-0.05, 0) is 84.4 Å². The minimum atomic E-state index is 0.408. The van der Waals surface area contributed by atoms with Gasteiger partial charge in [0, 0.05) is 60.0 Å². The molecule has 0 atom stereocenters. The van der Waals surface area contributed by atoms with Crippen molar-refractivity contribution in [1.82, 2.24) is 13.7 Å². The maximum atomic E-state index is 10.2. The Morgan fingerprint density at radius 2 is 0.694 bits per heavy atom. The van der Waals surface area contributed by atoms with Crippen molar-refractivity contribution in [3.63, 3.8) is 0 Å². The highest BCUT2D eigenvalue weighted by molar-refractivity contribution is 6.17. The lowest BCUT2D eigenvalue weighted by Gasteiger charge is -2.14. The Morgan fingerprint density at radius 3 is 1.10 bits per heavy atom. The molecule has 4 aromatic heterocycles. The molecule has 6 heteroatoms. The van der Waals surface area contributed by atoms with Crippen LogP contribution in [0.4, 0.5) is 0 Å². The summed E-state index contributed by atoms with van der Waals surface area (Å²) in [6.07, 6.45) is 0. The van der Waals surface area contributed by atoms with Crippen molar-refractivity contribution >= 4 is 87.4 Å². The monoisotopic (exact) mass is 789 g/mol. The summed E-state index contributed by atoms with van der Waals surface area (Å²) < 4.78 is 14.3. The predicted octanol–water partition coefficient (Wildman–Crippen LogP) is 14.3. The second-order valence-electron chi connectivity index (χ2n) is 15.9. The maximum Gasteiger partial charge on any atom is 0.159 e. The van der Waals surface area contributed by atoms with Gasteiger partial charge in [0.15, 0.2) is 5.58 Å². The molecule has 0 spiro atoms. The highest BCUT2D eigenvalue weighted by atomic mass is 16.3. The van der Waals surface area contributed by atoms with Gasteiger partial charge in [0.1, 0.15) is 5.58 Å². The van der Waals surface area contributed by atoms with E-state index in [9.17, 15) is 10.5 Å². The molecule has 13 rings (SSSR count). The minimum Gasteiger partial charge on any atom is -0.453 e. The van der Waals surface area contributed by atoms with Crippen LogP contribution in [-0.2, 0) is 0 Å². The number of para-hydroxylation sites is 6. The number of hydrogen-bond donors (Lipinski definition) is 0. The number of hydrogen-bond acceptors (Lipinski definition) is 3. The number of rotatable bonds is 4.